The second kappa shape index (κ2) is 119. The molecule has 0 amide bonds. The quantitative estimate of drug-likeness (QED) is 0.0159. The van der Waals surface area contributed by atoms with Gasteiger partial charge in [-0.15, -0.1) is 0 Å². The van der Waals surface area contributed by atoms with Gasteiger partial charge in [-0.1, -0.05) is 0 Å². The van der Waals surface area contributed by atoms with Gasteiger partial charge in [-0.2, -0.15) is 0 Å². The molecule has 0 aromatic heterocycles. The van der Waals surface area contributed by atoms with E-state index in [0.29, 0.717) is 0 Å². The Morgan fingerprint density at radius 1 is 0.176 bits per heavy atom. The predicted molar refractivity (Wildman–Crippen MR) is 808 cm³/mol. The first-order valence-corrected chi connectivity index (χ1v) is 205. The third-order valence-corrected chi connectivity index (χ3v) is 377. The van der Waals surface area contributed by atoms with E-state index in [1.54, 1.807) is 0 Å². The summed E-state index contributed by atoms with van der Waals surface area (Å²) in [6.07, 6.45) is 0. The molecule has 0 unspecified atom stereocenters. The van der Waals surface area contributed by atoms with Crippen LogP contribution in [0.1, 0.15) is 0 Å². The number of rotatable bonds is 88. The standard InChI is InChI=1S/B36H54I36S36/c37-1-91-28-69(107-36-72(27-66(21-57(3-39-74)93-12-48-83)102-30-61(7-43-78)97-16-52-87)108-35-71(23-59(5-41-76)95-14-50-85)106-33-64(10-46-81)100-19-55-90)26-68(104-34-70(22-58(4-40-75)94-13-49-84)105-32-63(9-45-80)99-18-54-89)25-67(103-31-62(8-44-79)98-17-53-88)24-65(20-56(2-38-73)92-11-47-82)101-29-60(6-42-77)96-15-51-86/h1-36,73-90H/q-18/i1T,2T,3T,4T,5T,6T,7T,8T,9T,10T,11T,12T,13T,14T,15T,16T,17T,18T,19T,20T,21T,22T,23T,24T,25T,26T,27T,28T,29T,30T,31T,32T,33T,34T,35T,36T. The van der Waals surface area contributed by atoms with Crippen molar-refractivity contribution >= 4 is 799 Å². The fourth-order valence-electron chi connectivity index (χ4n) is 3.09. The molecule has 0 saturated carbocycles. The topological polar surface area (TPSA) is 0 Å². The predicted octanol–water partition coefficient (Wildman–Crippen LogP) is -42.8. The zero-order chi connectivity index (χ0) is 111. The molecule has 0 bridgehead atoms. The monoisotopic (exact) mass is 6240 g/mol. The molecule has 0 N–H and O–H groups in total. The molecule has 0 nitrogen and oxygen atoms in total. The van der Waals surface area contributed by atoms with Crippen molar-refractivity contribution in [3.8, 4) is 0 Å². The van der Waals surface area contributed by atoms with Crippen molar-refractivity contribution in [2.75, 3.05) is 0 Å². The van der Waals surface area contributed by atoms with Gasteiger partial charge in [0.25, 0.3) is 0 Å². The van der Waals surface area contributed by atoms with Crippen LogP contribution in [0.3, 0.4) is 0 Å². The Morgan fingerprint density at radius 3 is 0.500 bits per heavy atom. The second-order valence-electron chi connectivity index (χ2n) is 11.7. The first kappa shape index (κ1) is 96.6. The number of hydrogen-bond donors (Lipinski definition) is 18. The first-order valence-electron chi connectivity index (χ1n) is 42.5. The van der Waals surface area contributed by atoms with E-state index in [0.717, 1.165) is 81.7 Å². The molecule has 0 spiro atoms. The maximum atomic E-state index is 11.9. The number of halogens is 36. The molecule has 108 heavy (non-hydrogen) atoms. The van der Waals surface area contributed by atoms with E-state index in [2.05, 4.69) is 98.0 Å². The van der Waals surface area contributed by atoms with Gasteiger partial charge in [-0.3, -0.25) is 0 Å². The van der Waals surface area contributed by atoms with E-state index < -0.39 is 792 Å². The molecule has 0 aliphatic rings. The summed E-state index contributed by atoms with van der Waals surface area (Å²) in [4.78, 5) is 0. The summed E-state index contributed by atoms with van der Waals surface area (Å²) in [5.41, 5.74) is 0. The van der Waals surface area contributed by atoms with Crippen LogP contribution in [0.15, 0.2) is 0 Å². The molecule has 648 valence electrons. The second-order valence-corrected chi connectivity index (χ2v) is 239. The Kier molecular flexibility index (Phi) is 107. The minimum absolute atomic E-state index is 0.737. The van der Waals surface area contributed by atoms with E-state index in [4.69, 9.17) is 83.7 Å². The molecular weight excluding hydrogens is 6110 g/mol. The Balaban J connectivity index is 11.9. The average molecular weight is 6240 g/mol. The number of hydrogen-bond acceptors (Lipinski definition) is 36. The van der Waals surface area contributed by atoms with Crippen molar-refractivity contribution < 1.29 is 353 Å². The third kappa shape index (κ3) is 96.9. The van der Waals surface area contributed by atoms with Gasteiger partial charge in [0.2, 0.25) is 0 Å². The van der Waals surface area contributed by atoms with Crippen LogP contribution in [-0.4, -0.2) is 182 Å². The van der Waals surface area contributed by atoms with Crippen LogP contribution in [0, 0.1) is 0 Å². The van der Waals surface area contributed by atoms with Gasteiger partial charge in [0.15, 0.2) is 0 Å². The summed E-state index contributed by atoms with van der Waals surface area (Å²) in [5.74, 6) is 0. The summed E-state index contributed by atoms with van der Waals surface area (Å²) in [7, 11) is 104. The molecule has 0 heterocycles. The fraction of sp³-hybridized carbons (Fsp3) is 0. The average Bonchev–Trinajstić information content (AvgIpc) is 0.785. The Bertz CT molecular complexity index is 3250. The minimum atomic E-state index is -4.43. The molecule has 0 atom stereocenters. The summed E-state index contributed by atoms with van der Waals surface area (Å²) < 4.78 is 328. The zero-order valence-electron chi connectivity index (χ0n) is 85.8. The van der Waals surface area contributed by atoms with Crippen molar-refractivity contribution in [3.05, 3.63) is 0 Å². The van der Waals surface area contributed by atoms with Gasteiger partial charge in [-0.05, 0) is 0 Å². The first-order chi connectivity index (χ1) is 67.5. The van der Waals surface area contributed by atoms with Gasteiger partial charge in [0.05, 0.1) is 0 Å². The van der Waals surface area contributed by atoms with Gasteiger partial charge < -0.3 is 0 Å². The van der Waals surface area contributed by atoms with Gasteiger partial charge >= 0.3 is 1200 Å². The number of thiol groups is 18. The molecule has 0 fully saturated rings. The van der Waals surface area contributed by atoms with Crippen LogP contribution >= 0.6 is 666 Å². The maximum absolute atomic E-state index is 11.9. The summed E-state index contributed by atoms with van der Waals surface area (Å²) in [5, 5.41) is 0. The van der Waals surface area contributed by atoms with Crippen molar-refractivity contribution in [3.63, 3.8) is 0 Å². The molecule has 0 rings (SSSR count). The van der Waals surface area contributed by atoms with Crippen LogP contribution < -0.4 is 353 Å². The van der Waals surface area contributed by atoms with E-state index in [9.17, 15) is 42.7 Å². The van der Waals surface area contributed by atoms with E-state index in [1.807, 2.05) is 22.4 Å². The molecule has 0 aliphatic carbocycles. The van der Waals surface area contributed by atoms with E-state index in [-0.39, 0.29) is 0 Å². The molecule has 0 aliphatic heterocycles. The van der Waals surface area contributed by atoms with Crippen LogP contribution in [0.4, 0.5) is 0 Å². The summed E-state index contributed by atoms with van der Waals surface area (Å²) >= 11 is -79.6. The summed E-state index contributed by atoms with van der Waals surface area (Å²) in [6.45, 7) is 0. The summed E-state index contributed by atoms with van der Waals surface area (Å²) in [6, 6.07) is 0. The van der Waals surface area contributed by atoms with Crippen LogP contribution in [-0.2, 0) is 0 Å². The third-order valence-electron chi connectivity index (χ3n) is 5.94. The van der Waals surface area contributed by atoms with Crippen LogP contribution in [0.2, 0.25) is 0 Å². The van der Waals surface area contributed by atoms with Crippen LogP contribution in [0.25, 0.3) is 0 Å². The van der Waals surface area contributed by atoms with Crippen molar-refractivity contribution in [1.29, 1.82) is 48.1 Å². The molecule has 0 aromatic carbocycles. The molecule has 0 aromatic rings. The fourth-order valence-corrected chi connectivity index (χ4v) is 535. The molecule has 108 heteroatoms. The molecule has 0 radical (unpaired) electrons. The Hall–Kier alpha value is 41.2. The van der Waals surface area contributed by atoms with E-state index >= 15 is 0 Å². The van der Waals surface area contributed by atoms with Crippen LogP contribution in [0.5, 0.6) is 0 Å². The van der Waals surface area contributed by atoms with E-state index in [1.165, 1.54) is 79.1 Å². The zero-order valence-corrected chi connectivity index (χ0v) is 158. The van der Waals surface area contributed by atoms with Gasteiger partial charge in [0.1, 0.15) is 0 Å². The van der Waals surface area contributed by atoms with Crippen molar-refractivity contribution in [2.24, 2.45) is 0 Å². The van der Waals surface area contributed by atoms with Crippen molar-refractivity contribution in [2.45, 2.75) is 0 Å². The molecular formula is H54B36I36S36-18. The Morgan fingerprint density at radius 2 is 0.315 bits per heavy atom. The van der Waals surface area contributed by atoms with Crippen molar-refractivity contribution in [1.82, 2.24) is 0 Å². The SMILES string of the molecule is [3H]B(I)SB([3H])I(SB([3H])I(SB([3H])I(SB([3H])I(SB([3H])[I-]S)B([3H])[I-]S)B([3H])I(SB([3H])[I-]S)B([3H])[I-]S)B([3H])I(SB([3H])I(SB([3H])[I-]S)B([3H])[I-]S)B([3H])I(SB([3H])[I-]S)B([3H])[I-]S)B([3H])I(SB([3H])I(SB([3H])I(SB([3H])[I-]S)B([3H])[I-]S)B([3H])I(SB([3H])[I-]S)B([3H])[I-]S)B([3H])I(SB([3H])I(SB([3H])[I-]S)B([3H])[I-]S)B([3H])I(SB([3H])I(SB([3H])[I-]S)B([3H])[I-]S)B([3H])I(SB([3H])[I-]S)B([3H])[I-]S. The molecule has 0 saturated heterocycles. The van der Waals surface area contributed by atoms with Gasteiger partial charge in [-0.25, -0.2) is 0 Å². The normalized spacial score (nSPS) is 18.2. The Labute approximate surface area is 1160 Å². The van der Waals surface area contributed by atoms with Gasteiger partial charge in [0, 0.05) is 0 Å².